The van der Waals surface area contributed by atoms with Crippen LogP contribution >= 0.6 is 11.3 Å². The highest BCUT2D eigenvalue weighted by Gasteiger charge is 2.02. The molecule has 0 aliphatic carbocycles. The molecule has 0 saturated carbocycles. The minimum Gasteiger partial charge on any atom is -0.347 e. The molecule has 0 bridgehead atoms. The summed E-state index contributed by atoms with van der Waals surface area (Å²) in [6, 6.07) is 6.32. The van der Waals surface area contributed by atoms with Gasteiger partial charge in [0.2, 0.25) is 0 Å². The Morgan fingerprint density at radius 1 is 1.50 bits per heavy atom. The van der Waals surface area contributed by atoms with E-state index in [-0.39, 0.29) is 0 Å². The first-order chi connectivity index (χ1) is 6.79. The van der Waals surface area contributed by atoms with Crippen LogP contribution in [-0.2, 0) is 6.54 Å². The molecule has 0 radical (unpaired) electrons. The minimum atomic E-state index is 0.765. The van der Waals surface area contributed by atoms with Gasteiger partial charge in [0.25, 0.3) is 0 Å². The van der Waals surface area contributed by atoms with Gasteiger partial charge < -0.3 is 4.57 Å². The third-order valence-electron chi connectivity index (χ3n) is 2.12. The average molecular weight is 202 g/mol. The van der Waals surface area contributed by atoms with Gasteiger partial charge in [-0.05, 0) is 23.9 Å². The molecule has 0 unspecified atom stereocenters. The van der Waals surface area contributed by atoms with Crippen LogP contribution in [0.2, 0.25) is 0 Å². The van der Waals surface area contributed by atoms with Gasteiger partial charge in [-0.15, -0.1) is 11.3 Å². The molecular weight excluding hydrogens is 192 g/mol. The van der Waals surface area contributed by atoms with Crippen molar-refractivity contribution in [2.24, 2.45) is 0 Å². The molecule has 0 aliphatic heterocycles. The molecule has 0 saturated heterocycles. The molecule has 0 aliphatic rings. The van der Waals surface area contributed by atoms with Crippen LogP contribution in [0.15, 0.2) is 29.9 Å². The molecule has 0 atom stereocenters. The highest BCUT2D eigenvalue weighted by Crippen LogP contribution is 2.13. The Morgan fingerprint density at radius 2 is 2.36 bits per heavy atom. The van der Waals surface area contributed by atoms with Crippen LogP contribution in [0, 0.1) is 18.3 Å². The summed E-state index contributed by atoms with van der Waals surface area (Å²) >= 11 is 1.74. The van der Waals surface area contributed by atoms with Crippen molar-refractivity contribution in [3.8, 4) is 6.07 Å². The third kappa shape index (κ3) is 1.70. The summed E-state index contributed by atoms with van der Waals surface area (Å²) in [4.78, 5) is 1.31. The second-order valence-corrected chi connectivity index (χ2v) is 4.25. The summed E-state index contributed by atoms with van der Waals surface area (Å²) in [5.41, 5.74) is 1.81. The van der Waals surface area contributed by atoms with Gasteiger partial charge >= 0.3 is 0 Å². The van der Waals surface area contributed by atoms with Crippen molar-refractivity contribution in [2.75, 3.05) is 0 Å². The number of aryl methyl sites for hydroxylation is 1. The summed E-state index contributed by atoms with van der Waals surface area (Å²) in [5.74, 6) is 0. The van der Waals surface area contributed by atoms with Gasteiger partial charge in [-0.1, -0.05) is 6.07 Å². The smallest absolute Gasteiger partial charge is 0.101 e. The molecule has 0 N–H and O–H groups in total. The largest absolute Gasteiger partial charge is 0.347 e. The SMILES string of the molecule is Cc1cn(Cc2cccs2)cc1C#N. The Bertz CT molecular complexity index is 460. The zero-order valence-electron chi connectivity index (χ0n) is 7.90. The van der Waals surface area contributed by atoms with E-state index in [1.165, 1.54) is 4.88 Å². The molecule has 2 rings (SSSR count). The van der Waals surface area contributed by atoms with Crippen molar-refractivity contribution in [1.29, 1.82) is 5.26 Å². The van der Waals surface area contributed by atoms with E-state index in [9.17, 15) is 0 Å². The van der Waals surface area contributed by atoms with Gasteiger partial charge in [0.05, 0.1) is 12.1 Å². The third-order valence-corrected chi connectivity index (χ3v) is 2.98. The molecule has 70 valence electrons. The lowest BCUT2D eigenvalue weighted by Crippen LogP contribution is -1.92. The van der Waals surface area contributed by atoms with Crippen molar-refractivity contribution in [3.05, 3.63) is 45.9 Å². The molecule has 3 heteroatoms. The van der Waals surface area contributed by atoms with Crippen LogP contribution in [0.4, 0.5) is 0 Å². The summed E-state index contributed by atoms with van der Waals surface area (Å²) in [6.45, 7) is 2.82. The van der Waals surface area contributed by atoms with E-state index >= 15 is 0 Å². The molecule has 0 fully saturated rings. The van der Waals surface area contributed by atoms with E-state index in [0.29, 0.717) is 0 Å². The van der Waals surface area contributed by atoms with Gasteiger partial charge in [0, 0.05) is 17.3 Å². The zero-order valence-corrected chi connectivity index (χ0v) is 8.71. The summed E-state index contributed by atoms with van der Waals surface area (Å²) < 4.78 is 2.06. The second-order valence-electron chi connectivity index (χ2n) is 3.22. The molecule has 14 heavy (non-hydrogen) atoms. The Labute approximate surface area is 87.0 Å². The second kappa shape index (κ2) is 3.69. The molecule has 0 amide bonds. The fourth-order valence-electron chi connectivity index (χ4n) is 1.41. The summed E-state index contributed by atoms with van der Waals surface area (Å²) in [6.07, 6.45) is 3.91. The Kier molecular flexibility index (Phi) is 2.38. The highest BCUT2D eigenvalue weighted by atomic mass is 32.1. The fraction of sp³-hybridized carbons (Fsp3) is 0.182. The lowest BCUT2D eigenvalue weighted by molar-refractivity contribution is 0.817. The maximum atomic E-state index is 8.80. The Morgan fingerprint density at radius 3 is 2.93 bits per heavy atom. The first kappa shape index (κ1) is 9.04. The van der Waals surface area contributed by atoms with Crippen LogP contribution in [0.5, 0.6) is 0 Å². The number of nitriles is 1. The standard InChI is InChI=1S/C11H10N2S/c1-9-6-13(7-10(9)5-12)8-11-3-2-4-14-11/h2-4,6-7H,8H2,1H3. The molecule has 0 spiro atoms. The maximum absolute atomic E-state index is 8.80. The van der Waals surface area contributed by atoms with Crippen LogP contribution in [0.1, 0.15) is 16.0 Å². The van der Waals surface area contributed by atoms with E-state index in [1.54, 1.807) is 11.3 Å². The molecule has 2 aromatic rings. The molecule has 2 aromatic heterocycles. The highest BCUT2D eigenvalue weighted by molar-refractivity contribution is 7.09. The van der Waals surface area contributed by atoms with E-state index in [4.69, 9.17) is 5.26 Å². The number of rotatable bonds is 2. The fourth-order valence-corrected chi connectivity index (χ4v) is 2.13. The van der Waals surface area contributed by atoms with Gasteiger partial charge in [0.1, 0.15) is 6.07 Å². The topological polar surface area (TPSA) is 28.7 Å². The Hall–Kier alpha value is -1.53. The quantitative estimate of drug-likeness (QED) is 0.736. The summed E-state index contributed by atoms with van der Waals surface area (Å²) in [7, 11) is 0. The molecule has 2 heterocycles. The van der Waals surface area contributed by atoms with Crippen molar-refractivity contribution in [3.63, 3.8) is 0 Å². The maximum Gasteiger partial charge on any atom is 0.101 e. The minimum absolute atomic E-state index is 0.765. The number of thiophene rings is 1. The predicted octanol–water partition coefficient (Wildman–Crippen LogP) is 2.78. The number of aromatic nitrogens is 1. The lowest BCUT2D eigenvalue weighted by atomic mass is 10.2. The van der Waals surface area contributed by atoms with Crippen molar-refractivity contribution in [2.45, 2.75) is 13.5 Å². The van der Waals surface area contributed by atoms with Crippen molar-refractivity contribution < 1.29 is 0 Å². The number of nitrogens with zero attached hydrogens (tertiary/aromatic N) is 2. The first-order valence-electron chi connectivity index (χ1n) is 4.38. The summed E-state index contributed by atoms with van der Waals surface area (Å²) in [5, 5.41) is 10.9. The van der Waals surface area contributed by atoms with Crippen LogP contribution in [0.3, 0.4) is 0 Å². The van der Waals surface area contributed by atoms with Gasteiger partial charge in [-0.25, -0.2) is 0 Å². The normalized spacial score (nSPS) is 10.0. The zero-order chi connectivity index (χ0) is 9.97. The van der Waals surface area contributed by atoms with E-state index in [0.717, 1.165) is 17.7 Å². The van der Waals surface area contributed by atoms with Crippen molar-refractivity contribution >= 4 is 11.3 Å². The van der Waals surface area contributed by atoms with Gasteiger partial charge in [-0.3, -0.25) is 0 Å². The number of hydrogen-bond donors (Lipinski definition) is 0. The molecular formula is C11H10N2S. The van der Waals surface area contributed by atoms with E-state index < -0.39 is 0 Å². The van der Waals surface area contributed by atoms with Gasteiger partial charge in [-0.2, -0.15) is 5.26 Å². The van der Waals surface area contributed by atoms with Gasteiger partial charge in [0.15, 0.2) is 0 Å². The predicted molar refractivity (Wildman–Crippen MR) is 57.3 cm³/mol. The molecule has 2 nitrogen and oxygen atoms in total. The van der Waals surface area contributed by atoms with Crippen LogP contribution in [0.25, 0.3) is 0 Å². The Balaban J connectivity index is 2.23. The van der Waals surface area contributed by atoms with Crippen LogP contribution < -0.4 is 0 Å². The monoisotopic (exact) mass is 202 g/mol. The van der Waals surface area contributed by atoms with E-state index in [2.05, 4.69) is 22.1 Å². The van der Waals surface area contributed by atoms with Crippen LogP contribution in [-0.4, -0.2) is 4.57 Å². The molecule has 0 aromatic carbocycles. The lowest BCUT2D eigenvalue weighted by Gasteiger charge is -1.97. The van der Waals surface area contributed by atoms with Crippen molar-refractivity contribution in [1.82, 2.24) is 4.57 Å². The average Bonchev–Trinajstić information content (AvgIpc) is 2.76. The first-order valence-corrected chi connectivity index (χ1v) is 5.26. The van der Waals surface area contributed by atoms with E-state index in [1.807, 2.05) is 25.4 Å². The number of hydrogen-bond acceptors (Lipinski definition) is 2.